The van der Waals surface area contributed by atoms with Gasteiger partial charge in [0, 0.05) is 0 Å². The van der Waals surface area contributed by atoms with E-state index in [0.717, 1.165) is 5.56 Å². The number of halogens is 2. The van der Waals surface area contributed by atoms with E-state index in [2.05, 4.69) is 0 Å². The average Bonchev–Trinajstić information content (AvgIpc) is 2.08. The fraction of sp³-hybridized carbons (Fsp3) is 0.333. The van der Waals surface area contributed by atoms with Crippen LogP contribution in [-0.2, 0) is 0 Å². The van der Waals surface area contributed by atoms with Gasteiger partial charge in [0.1, 0.15) is 12.4 Å². The fourth-order valence-electron chi connectivity index (χ4n) is 0.998. The summed E-state index contributed by atoms with van der Waals surface area (Å²) < 4.78 is 12.1. The highest BCUT2D eigenvalue weighted by Gasteiger charge is 2.06. The highest BCUT2D eigenvalue weighted by atomic mass is 35.5. The van der Waals surface area contributed by atoms with E-state index < -0.39 is 12.7 Å². The Morgan fingerprint density at radius 1 is 1.54 bits per heavy atom. The van der Waals surface area contributed by atoms with E-state index in [0.29, 0.717) is 5.56 Å². The molecule has 0 radical (unpaired) electrons. The van der Waals surface area contributed by atoms with Gasteiger partial charge >= 0.3 is 0 Å². The molecule has 0 fully saturated rings. The highest BCUT2D eigenvalue weighted by molar-refractivity contribution is 5.85. The highest BCUT2D eigenvalue weighted by Crippen LogP contribution is 2.20. The first-order valence-electron chi connectivity index (χ1n) is 3.76. The van der Waals surface area contributed by atoms with E-state index in [4.69, 9.17) is 10.8 Å². The molecule has 1 aromatic carbocycles. The van der Waals surface area contributed by atoms with E-state index in [1.165, 1.54) is 6.07 Å². The maximum Gasteiger partial charge on any atom is 0.118 e. The summed E-state index contributed by atoms with van der Waals surface area (Å²) in [6.45, 7) is 1.17. The summed E-state index contributed by atoms with van der Waals surface area (Å²) in [7, 11) is 0. The molecule has 0 aliphatic heterocycles. The van der Waals surface area contributed by atoms with Crippen LogP contribution in [-0.4, -0.2) is 11.8 Å². The van der Waals surface area contributed by atoms with Gasteiger partial charge in [-0.15, -0.1) is 12.4 Å². The molecule has 0 aliphatic rings. The van der Waals surface area contributed by atoms with Crippen molar-refractivity contribution in [1.29, 1.82) is 0 Å². The van der Waals surface area contributed by atoms with Crippen molar-refractivity contribution in [3.8, 4) is 5.75 Å². The minimum absolute atomic E-state index is 0. The van der Waals surface area contributed by atoms with Gasteiger partial charge in [-0.2, -0.15) is 0 Å². The van der Waals surface area contributed by atoms with Crippen molar-refractivity contribution >= 4 is 12.4 Å². The van der Waals surface area contributed by atoms with Crippen molar-refractivity contribution in [2.45, 2.75) is 13.0 Å². The molecule has 1 atom stereocenters. The van der Waals surface area contributed by atoms with Crippen LogP contribution in [0.2, 0.25) is 0 Å². The smallest absolute Gasteiger partial charge is 0.118 e. The Kier molecular flexibility index (Phi) is 4.73. The van der Waals surface area contributed by atoms with E-state index >= 15 is 0 Å². The third kappa shape index (κ3) is 2.86. The van der Waals surface area contributed by atoms with Gasteiger partial charge in [-0.25, -0.2) is 4.39 Å². The molecule has 0 bridgehead atoms. The summed E-state index contributed by atoms with van der Waals surface area (Å²) in [6, 6.07) is 4.27. The summed E-state index contributed by atoms with van der Waals surface area (Å²) >= 11 is 0. The Morgan fingerprint density at radius 3 is 2.62 bits per heavy atom. The van der Waals surface area contributed by atoms with Crippen LogP contribution >= 0.6 is 12.4 Å². The summed E-state index contributed by atoms with van der Waals surface area (Å²) in [6.07, 6.45) is 0. The molecule has 0 heterocycles. The van der Waals surface area contributed by atoms with Gasteiger partial charge in [-0.05, 0) is 24.1 Å². The minimum atomic E-state index is -0.579. The van der Waals surface area contributed by atoms with Gasteiger partial charge in [-0.1, -0.05) is 12.1 Å². The second kappa shape index (κ2) is 5.04. The van der Waals surface area contributed by atoms with Crippen molar-refractivity contribution < 1.29 is 9.50 Å². The average molecular weight is 206 g/mol. The lowest BCUT2D eigenvalue weighted by molar-refractivity contribution is 0.435. The zero-order chi connectivity index (χ0) is 9.14. The van der Waals surface area contributed by atoms with Crippen LogP contribution in [0.4, 0.5) is 4.39 Å². The molecule has 3 N–H and O–H groups in total. The molecule has 1 aromatic rings. The maximum atomic E-state index is 12.1. The molecule has 0 aromatic heterocycles. The van der Waals surface area contributed by atoms with Gasteiger partial charge in [0.15, 0.2) is 0 Å². The van der Waals surface area contributed by atoms with Crippen LogP contribution in [0.15, 0.2) is 18.2 Å². The predicted octanol–water partition coefficient (Wildman–Crippen LogP) is 2.09. The molecule has 4 heteroatoms. The summed E-state index contributed by atoms with van der Waals surface area (Å²) in [5, 5.41) is 9.16. The molecule has 0 saturated heterocycles. The van der Waals surface area contributed by atoms with Crippen LogP contribution in [0.3, 0.4) is 0 Å². The third-order valence-corrected chi connectivity index (χ3v) is 1.82. The lowest BCUT2D eigenvalue weighted by Gasteiger charge is -2.08. The number of benzene rings is 1. The summed E-state index contributed by atoms with van der Waals surface area (Å²) in [4.78, 5) is 0. The third-order valence-electron chi connectivity index (χ3n) is 1.82. The standard InChI is InChI=1S/C9H12FNO.ClH/c1-6-4-7(8(11)5-10)2-3-9(6)12;/h2-4,8,12H,5,11H2,1H3;1H/t8-;/m0./s1. The maximum absolute atomic E-state index is 12.1. The number of aromatic hydroxyl groups is 1. The second-order valence-corrected chi connectivity index (χ2v) is 2.81. The number of alkyl halides is 1. The summed E-state index contributed by atoms with van der Waals surface area (Å²) in [5.74, 6) is 0.213. The van der Waals surface area contributed by atoms with Crippen molar-refractivity contribution in [2.75, 3.05) is 6.67 Å². The molecule has 74 valence electrons. The van der Waals surface area contributed by atoms with Crippen LogP contribution in [0.1, 0.15) is 17.2 Å². The van der Waals surface area contributed by atoms with Crippen molar-refractivity contribution in [3.05, 3.63) is 29.3 Å². The SMILES string of the molecule is Cc1cc([C@@H](N)CF)ccc1O.Cl. The number of rotatable bonds is 2. The van der Waals surface area contributed by atoms with Gasteiger partial charge in [0.05, 0.1) is 6.04 Å². The fourth-order valence-corrected chi connectivity index (χ4v) is 0.998. The van der Waals surface area contributed by atoms with E-state index in [-0.39, 0.29) is 18.2 Å². The molecule has 1 rings (SSSR count). The topological polar surface area (TPSA) is 46.2 Å². The van der Waals surface area contributed by atoms with Crippen LogP contribution in [0.25, 0.3) is 0 Å². The number of hydrogen-bond donors (Lipinski definition) is 2. The molecule has 0 saturated carbocycles. The molecular weight excluding hydrogens is 193 g/mol. The number of nitrogens with two attached hydrogens (primary N) is 1. The largest absolute Gasteiger partial charge is 0.508 e. The van der Waals surface area contributed by atoms with Crippen molar-refractivity contribution in [2.24, 2.45) is 5.73 Å². The van der Waals surface area contributed by atoms with E-state index in [1.807, 2.05) is 0 Å². The Hall–Kier alpha value is -0.800. The van der Waals surface area contributed by atoms with Crippen LogP contribution in [0, 0.1) is 6.92 Å². The van der Waals surface area contributed by atoms with Gasteiger partial charge in [0.25, 0.3) is 0 Å². The molecule has 0 unspecified atom stereocenters. The Labute approximate surface area is 83.0 Å². The molecule has 2 nitrogen and oxygen atoms in total. The van der Waals surface area contributed by atoms with Gasteiger partial charge in [0.2, 0.25) is 0 Å². The molecule has 0 spiro atoms. The zero-order valence-electron chi connectivity index (χ0n) is 7.33. The number of phenols is 1. The molecule has 13 heavy (non-hydrogen) atoms. The van der Waals surface area contributed by atoms with Gasteiger partial charge < -0.3 is 10.8 Å². The van der Waals surface area contributed by atoms with E-state index in [1.54, 1.807) is 19.1 Å². The van der Waals surface area contributed by atoms with Gasteiger partial charge in [-0.3, -0.25) is 0 Å². The second-order valence-electron chi connectivity index (χ2n) is 2.81. The zero-order valence-corrected chi connectivity index (χ0v) is 8.14. The van der Waals surface area contributed by atoms with Crippen molar-refractivity contribution in [1.82, 2.24) is 0 Å². The number of hydrogen-bond acceptors (Lipinski definition) is 2. The molecule has 0 aliphatic carbocycles. The normalized spacial score (nSPS) is 11.9. The van der Waals surface area contributed by atoms with E-state index in [9.17, 15) is 4.39 Å². The summed E-state index contributed by atoms with van der Waals surface area (Å²) in [5.41, 5.74) is 6.89. The lowest BCUT2D eigenvalue weighted by Crippen LogP contribution is -2.11. The van der Waals surface area contributed by atoms with Crippen molar-refractivity contribution in [3.63, 3.8) is 0 Å². The molecule has 0 amide bonds. The lowest BCUT2D eigenvalue weighted by atomic mass is 10.1. The number of phenolic OH excluding ortho intramolecular Hbond substituents is 1. The Bertz CT molecular complexity index is 280. The minimum Gasteiger partial charge on any atom is -0.508 e. The molecular formula is C9H13ClFNO. The Morgan fingerprint density at radius 2 is 2.15 bits per heavy atom. The monoisotopic (exact) mass is 205 g/mol. The first-order chi connectivity index (χ1) is 5.65. The van der Waals surface area contributed by atoms with Crippen LogP contribution in [0.5, 0.6) is 5.75 Å². The quantitative estimate of drug-likeness (QED) is 0.777. The first kappa shape index (κ1) is 12.2. The first-order valence-corrected chi connectivity index (χ1v) is 3.76. The predicted molar refractivity (Wildman–Crippen MR) is 53.0 cm³/mol. The Balaban J connectivity index is 0.00000144. The van der Waals surface area contributed by atoms with Crippen LogP contribution < -0.4 is 5.73 Å². The number of aryl methyl sites for hydroxylation is 1.